The van der Waals surface area contributed by atoms with Crippen molar-refractivity contribution in [3.63, 3.8) is 0 Å². The van der Waals surface area contributed by atoms with Crippen molar-refractivity contribution >= 4 is 22.9 Å². The molecule has 0 spiro atoms. The zero-order valence-corrected chi connectivity index (χ0v) is 17.3. The summed E-state index contributed by atoms with van der Waals surface area (Å²) in [5.74, 6) is 5.89. The topological polar surface area (TPSA) is 157 Å². The monoisotopic (exact) mass is 439 g/mol. The Morgan fingerprint density at radius 3 is 2.81 bits per heavy atom. The molecule has 1 aliphatic heterocycles. The minimum Gasteiger partial charge on any atom is -0.387 e. The van der Waals surface area contributed by atoms with Gasteiger partial charge in [0.15, 0.2) is 23.2 Å². The molecule has 166 valence electrons. The van der Waals surface area contributed by atoms with E-state index in [1.807, 2.05) is 6.07 Å². The van der Waals surface area contributed by atoms with Gasteiger partial charge in [-0.3, -0.25) is 14.2 Å². The zero-order chi connectivity index (χ0) is 22.7. The molecular formula is C20H21N7O5. The molecule has 1 saturated heterocycles. The Bertz CT molecular complexity index is 1170. The van der Waals surface area contributed by atoms with E-state index in [2.05, 4.69) is 42.6 Å². The molecule has 1 amide bonds. The summed E-state index contributed by atoms with van der Waals surface area (Å²) in [7, 11) is 1.43. The highest BCUT2D eigenvalue weighted by Gasteiger charge is 2.44. The van der Waals surface area contributed by atoms with Gasteiger partial charge in [-0.15, -0.1) is 0 Å². The number of nitrogens with zero attached hydrogens (tertiary/aromatic N) is 5. The average molecular weight is 439 g/mol. The summed E-state index contributed by atoms with van der Waals surface area (Å²) in [6.45, 7) is 1.40. The van der Waals surface area contributed by atoms with Crippen LogP contribution in [0, 0.1) is 11.8 Å². The van der Waals surface area contributed by atoms with E-state index in [1.165, 1.54) is 24.9 Å². The smallest absolute Gasteiger partial charge is 0.216 e. The molecule has 12 nitrogen and oxygen atoms in total. The number of hydrogen-bond donors (Lipinski definition) is 4. The number of anilines is 1. The molecule has 4 rings (SSSR count). The number of ether oxygens (including phenoxy) is 1. The van der Waals surface area contributed by atoms with Gasteiger partial charge in [0.1, 0.15) is 24.0 Å². The second kappa shape index (κ2) is 9.25. The van der Waals surface area contributed by atoms with Crippen molar-refractivity contribution in [3.8, 4) is 11.8 Å². The summed E-state index contributed by atoms with van der Waals surface area (Å²) in [6, 6.07) is 5.35. The quantitative estimate of drug-likeness (QED) is 0.297. The molecule has 4 N–H and O–H groups in total. The molecule has 0 saturated carbocycles. The number of pyridine rings is 1. The van der Waals surface area contributed by atoms with Gasteiger partial charge in [0.05, 0.1) is 13.4 Å². The predicted octanol–water partition coefficient (Wildman–Crippen LogP) is -0.650. The first-order chi connectivity index (χ1) is 15.5. The molecule has 0 aromatic carbocycles. The Hall–Kier alpha value is -3.63. The third-order valence-electron chi connectivity index (χ3n) is 4.75. The number of amides is 1. The van der Waals surface area contributed by atoms with Gasteiger partial charge >= 0.3 is 0 Å². The van der Waals surface area contributed by atoms with Crippen molar-refractivity contribution in [1.29, 1.82) is 0 Å². The number of rotatable bonds is 5. The van der Waals surface area contributed by atoms with Crippen LogP contribution in [0.1, 0.15) is 24.7 Å². The summed E-state index contributed by atoms with van der Waals surface area (Å²) in [5, 5.41) is 23.5. The van der Waals surface area contributed by atoms with Crippen molar-refractivity contribution in [2.45, 2.75) is 31.5 Å². The second-order valence-electron chi connectivity index (χ2n) is 6.97. The first-order valence-electron chi connectivity index (χ1n) is 9.70. The Kier molecular flexibility index (Phi) is 6.24. The van der Waals surface area contributed by atoms with Crippen LogP contribution in [0.25, 0.3) is 11.2 Å². The van der Waals surface area contributed by atoms with Crippen LogP contribution in [0.2, 0.25) is 0 Å². The van der Waals surface area contributed by atoms with Crippen molar-refractivity contribution < 1.29 is 24.6 Å². The lowest BCUT2D eigenvalue weighted by Gasteiger charge is -2.16. The fraction of sp³-hybridized carbons (Fsp3) is 0.350. The fourth-order valence-corrected chi connectivity index (χ4v) is 3.26. The highest BCUT2D eigenvalue weighted by Crippen LogP contribution is 2.32. The van der Waals surface area contributed by atoms with Crippen LogP contribution in [0.15, 0.2) is 30.7 Å². The van der Waals surface area contributed by atoms with E-state index in [-0.39, 0.29) is 24.1 Å². The van der Waals surface area contributed by atoms with E-state index in [0.29, 0.717) is 16.9 Å². The summed E-state index contributed by atoms with van der Waals surface area (Å²) in [5.41, 5.74) is 3.85. The van der Waals surface area contributed by atoms with Crippen LogP contribution in [0.4, 0.5) is 5.82 Å². The molecule has 32 heavy (non-hydrogen) atoms. The standard InChI is InChI=1S/C20H21N7O5/c1-11(28)22-9-13-16(29)17(30)20(32-13)27-10-23-15-18(26-31-2)24-14(25-19(15)27)7-6-12-5-3-4-8-21-12/h3-5,8,10,13,16-17,20,29-30H,9H2,1-2H3,(H,22,28)(H,24,25,26)/t13-,16-,17-,20-/m1/s1. The number of imidazole rings is 1. The molecule has 1 fully saturated rings. The van der Waals surface area contributed by atoms with Gasteiger partial charge in [-0.2, -0.15) is 4.98 Å². The summed E-state index contributed by atoms with van der Waals surface area (Å²) in [6.07, 6.45) is -1.25. The van der Waals surface area contributed by atoms with Gasteiger partial charge in [0.25, 0.3) is 0 Å². The Morgan fingerprint density at radius 2 is 2.09 bits per heavy atom. The van der Waals surface area contributed by atoms with Crippen LogP contribution < -0.4 is 10.8 Å². The first kappa shape index (κ1) is 21.6. The largest absolute Gasteiger partial charge is 0.387 e. The van der Waals surface area contributed by atoms with E-state index in [9.17, 15) is 15.0 Å². The third kappa shape index (κ3) is 4.36. The van der Waals surface area contributed by atoms with Crippen LogP contribution in [-0.2, 0) is 14.4 Å². The van der Waals surface area contributed by atoms with Gasteiger partial charge < -0.3 is 20.3 Å². The highest BCUT2D eigenvalue weighted by molar-refractivity contribution is 5.83. The Morgan fingerprint density at radius 1 is 1.25 bits per heavy atom. The first-order valence-corrected chi connectivity index (χ1v) is 9.70. The van der Waals surface area contributed by atoms with Gasteiger partial charge in [-0.25, -0.2) is 20.4 Å². The van der Waals surface area contributed by atoms with E-state index in [4.69, 9.17) is 9.57 Å². The second-order valence-corrected chi connectivity index (χ2v) is 6.97. The summed E-state index contributed by atoms with van der Waals surface area (Å²) in [4.78, 5) is 33.4. The van der Waals surface area contributed by atoms with Crippen LogP contribution in [0.5, 0.6) is 0 Å². The maximum absolute atomic E-state index is 11.2. The molecule has 0 unspecified atom stereocenters. The van der Waals surface area contributed by atoms with Gasteiger partial charge in [0.2, 0.25) is 11.7 Å². The lowest BCUT2D eigenvalue weighted by atomic mass is 10.1. The molecule has 0 radical (unpaired) electrons. The number of carbonyl (C=O) groups is 1. The molecule has 4 atom stereocenters. The molecule has 0 aliphatic carbocycles. The van der Waals surface area contributed by atoms with Crippen molar-refractivity contribution in [2.75, 3.05) is 19.1 Å². The van der Waals surface area contributed by atoms with E-state index < -0.39 is 24.5 Å². The third-order valence-corrected chi connectivity index (χ3v) is 4.75. The van der Waals surface area contributed by atoms with Crippen molar-refractivity contribution in [3.05, 3.63) is 42.2 Å². The maximum Gasteiger partial charge on any atom is 0.216 e. The Balaban J connectivity index is 1.70. The van der Waals surface area contributed by atoms with Gasteiger partial charge in [0, 0.05) is 19.7 Å². The average Bonchev–Trinajstić information content (AvgIpc) is 3.33. The number of aliphatic hydroxyl groups is 2. The van der Waals surface area contributed by atoms with Crippen LogP contribution >= 0.6 is 0 Å². The number of carbonyl (C=O) groups excluding carboxylic acids is 1. The minimum atomic E-state index is -1.27. The zero-order valence-electron chi connectivity index (χ0n) is 17.3. The number of aromatic nitrogens is 5. The number of aliphatic hydroxyl groups excluding tert-OH is 2. The molecule has 3 aromatic rings. The SMILES string of the molecule is CONc1nc(C#Cc2ccccn2)nc2c1ncn2[C@@H]1O[C@H](CNC(C)=O)[C@@H](O)[C@H]1O. The minimum absolute atomic E-state index is 0.0446. The number of hydrogen-bond acceptors (Lipinski definition) is 10. The summed E-state index contributed by atoms with van der Waals surface area (Å²) < 4.78 is 7.29. The molecule has 0 bridgehead atoms. The Labute approximate surface area is 182 Å². The van der Waals surface area contributed by atoms with Crippen molar-refractivity contribution in [1.82, 2.24) is 29.8 Å². The van der Waals surface area contributed by atoms with E-state index in [0.717, 1.165) is 0 Å². The van der Waals surface area contributed by atoms with E-state index >= 15 is 0 Å². The lowest BCUT2D eigenvalue weighted by Crippen LogP contribution is -2.39. The molecule has 12 heteroatoms. The number of fused-ring (bicyclic) bond motifs is 1. The fourth-order valence-electron chi connectivity index (χ4n) is 3.26. The number of nitrogens with one attached hydrogen (secondary N) is 2. The van der Waals surface area contributed by atoms with Gasteiger partial charge in [-0.1, -0.05) is 6.07 Å². The predicted molar refractivity (Wildman–Crippen MR) is 111 cm³/mol. The molecule has 1 aliphatic rings. The highest BCUT2D eigenvalue weighted by atomic mass is 16.6. The lowest BCUT2D eigenvalue weighted by molar-refractivity contribution is -0.120. The van der Waals surface area contributed by atoms with Crippen LogP contribution in [0.3, 0.4) is 0 Å². The molecule has 3 aromatic heterocycles. The van der Waals surface area contributed by atoms with E-state index in [1.54, 1.807) is 18.3 Å². The maximum atomic E-state index is 11.2. The summed E-state index contributed by atoms with van der Waals surface area (Å²) >= 11 is 0. The molecular weight excluding hydrogens is 418 g/mol. The van der Waals surface area contributed by atoms with Gasteiger partial charge in [-0.05, 0) is 24.0 Å². The van der Waals surface area contributed by atoms with Crippen LogP contribution in [-0.4, -0.2) is 72.6 Å². The normalized spacial score (nSPS) is 22.4. The molecule has 4 heterocycles. The van der Waals surface area contributed by atoms with Crippen molar-refractivity contribution in [2.24, 2.45) is 0 Å².